The van der Waals surface area contributed by atoms with Crippen LogP contribution in [-0.4, -0.2) is 9.55 Å². The zero-order valence-corrected chi connectivity index (χ0v) is 27.2. The van der Waals surface area contributed by atoms with E-state index in [4.69, 9.17) is 4.98 Å². The first-order valence-corrected chi connectivity index (χ1v) is 17.1. The molecule has 3 heteroatoms. The number of fused-ring (bicyclic) bond motifs is 8. The highest BCUT2D eigenvalue weighted by Gasteiger charge is 2.31. The number of hydrogen-bond donors (Lipinski definition) is 0. The number of benzene rings is 7. The minimum absolute atomic E-state index is 1.00. The van der Waals surface area contributed by atoms with Gasteiger partial charge in [-0.05, 0) is 65.0 Å². The fourth-order valence-corrected chi connectivity index (χ4v) is 7.84. The van der Waals surface area contributed by atoms with Crippen LogP contribution in [0.5, 0.6) is 0 Å². The van der Waals surface area contributed by atoms with Crippen LogP contribution < -0.4 is 4.90 Å². The SMILES string of the molecule is c1ccc(-n2c3c(c4ccccc42)-c2ccccc2N(c2ccc(-c4ccccc4-c4nccc5ccccc45)cc2)c2ccccc2-3)cc1. The van der Waals surface area contributed by atoms with Crippen molar-refractivity contribution in [3.8, 4) is 50.5 Å². The van der Waals surface area contributed by atoms with Crippen LogP contribution in [0.1, 0.15) is 0 Å². The van der Waals surface area contributed by atoms with E-state index in [2.05, 4.69) is 191 Å². The number of nitrogens with zero attached hydrogens (tertiary/aromatic N) is 3. The summed E-state index contributed by atoms with van der Waals surface area (Å²) >= 11 is 0. The summed E-state index contributed by atoms with van der Waals surface area (Å²) in [5, 5.41) is 3.59. The molecular formula is C47H31N3. The molecule has 0 N–H and O–H groups in total. The van der Waals surface area contributed by atoms with Crippen LogP contribution in [0.25, 0.3) is 72.1 Å². The van der Waals surface area contributed by atoms with E-state index >= 15 is 0 Å². The molecule has 0 aliphatic carbocycles. The molecule has 0 fully saturated rings. The summed E-state index contributed by atoms with van der Waals surface area (Å²) in [5.74, 6) is 0. The van der Waals surface area contributed by atoms with Crippen molar-refractivity contribution in [2.75, 3.05) is 4.90 Å². The van der Waals surface area contributed by atoms with Gasteiger partial charge in [0.2, 0.25) is 0 Å². The van der Waals surface area contributed by atoms with E-state index in [1.165, 1.54) is 38.7 Å². The van der Waals surface area contributed by atoms with Crippen LogP contribution in [0.3, 0.4) is 0 Å². The van der Waals surface area contributed by atoms with Gasteiger partial charge >= 0.3 is 0 Å². The highest BCUT2D eigenvalue weighted by Crippen LogP contribution is 2.54. The van der Waals surface area contributed by atoms with Crippen molar-refractivity contribution in [1.29, 1.82) is 0 Å². The number of pyridine rings is 1. The molecule has 0 bridgehead atoms. The van der Waals surface area contributed by atoms with Crippen LogP contribution in [0.2, 0.25) is 0 Å². The van der Waals surface area contributed by atoms with Crippen molar-refractivity contribution >= 4 is 38.7 Å². The lowest BCUT2D eigenvalue weighted by atomic mass is 9.94. The summed E-state index contributed by atoms with van der Waals surface area (Å²) in [6, 6.07) is 65.4. The number of rotatable bonds is 4. The lowest BCUT2D eigenvalue weighted by Gasteiger charge is -2.27. The zero-order valence-electron chi connectivity index (χ0n) is 27.2. The molecule has 1 aliphatic rings. The van der Waals surface area contributed by atoms with Crippen molar-refractivity contribution in [3.63, 3.8) is 0 Å². The fourth-order valence-electron chi connectivity index (χ4n) is 7.84. The molecule has 0 spiro atoms. The van der Waals surface area contributed by atoms with Crippen LogP contribution >= 0.6 is 0 Å². The predicted octanol–water partition coefficient (Wildman–Crippen LogP) is 12.6. The van der Waals surface area contributed by atoms with Gasteiger partial charge in [0.15, 0.2) is 0 Å². The van der Waals surface area contributed by atoms with Crippen LogP contribution in [0.4, 0.5) is 17.1 Å². The van der Waals surface area contributed by atoms with Crippen molar-refractivity contribution in [3.05, 3.63) is 188 Å². The zero-order chi connectivity index (χ0) is 33.0. The standard InChI is InChI=1S/C47H31N3/c1-2-15-34(16-3-1)50-43-24-12-9-21-40(43)45-39-20-8-11-23-42(39)49(44-25-13-10-22-41(44)47(45)50)35-28-26-33(27-29-35)36-17-6-7-19-38(36)46-37-18-5-4-14-32(37)30-31-48-46/h1-31H. The first-order valence-electron chi connectivity index (χ1n) is 17.1. The van der Waals surface area contributed by atoms with Gasteiger partial charge in [-0.25, -0.2) is 0 Å². The Kier molecular flexibility index (Phi) is 6.49. The molecule has 3 nitrogen and oxygen atoms in total. The maximum atomic E-state index is 4.87. The Morgan fingerprint density at radius 1 is 0.400 bits per heavy atom. The molecule has 0 saturated heterocycles. The Balaban J connectivity index is 1.17. The summed E-state index contributed by atoms with van der Waals surface area (Å²) in [7, 11) is 0. The van der Waals surface area contributed by atoms with E-state index in [0.29, 0.717) is 0 Å². The third-order valence-electron chi connectivity index (χ3n) is 10.00. The largest absolute Gasteiger partial charge is 0.309 e. The molecule has 0 unspecified atom stereocenters. The third kappa shape index (κ3) is 4.34. The molecular weight excluding hydrogens is 607 g/mol. The quantitative estimate of drug-likeness (QED) is 0.191. The van der Waals surface area contributed by atoms with Gasteiger partial charge < -0.3 is 9.47 Å². The highest BCUT2D eigenvalue weighted by atomic mass is 15.2. The Bertz CT molecular complexity index is 2700. The smallest absolute Gasteiger partial charge is 0.0786 e. The van der Waals surface area contributed by atoms with Gasteiger partial charge in [0.1, 0.15) is 0 Å². The van der Waals surface area contributed by atoms with E-state index in [-0.39, 0.29) is 0 Å². The van der Waals surface area contributed by atoms with Gasteiger partial charge in [0.25, 0.3) is 0 Å². The first kappa shape index (κ1) is 28.3. The lowest BCUT2D eigenvalue weighted by molar-refractivity contribution is 1.13. The molecule has 10 rings (SSSR count). The average Bonchev–Trinajstić information content (AvgIpc) is 3.47. The molecule has 0 radical (unpaired) electrons. The molecule has 50 heavy (non-hydrogen) atoms. The second-order valence-electron chi connectivity index (χ2n) is 12.8. The van der Waals surface area contributed by atoms with Gasteiger partial charge in [-0.3, -0.25) is 4.98 Å². The van der Waals surface area contributed by atoms with Crippen molar-refractivity contribution < 1.29 is 0 Å². The van der Waals surface area contributed by atoms with Crippen LogP contribution in [0, 0.1) is 0 Å². The monoisotopic (exact) mass is 637 g/mol. The molecule has 234 valence electrons. The van der Waals surface area contributed by atoms with E-state index in [1.54, 1.807) is 0 Å². The van der Waals surface area contributed by atoms with Crippen molar-refractivity contribution in [1.82, 2.24) is 9.55 Å². The summed E-state index contributed by atoms with van der Waals surface area (Å²) in [4.78, 5) is 7.30. The Morgan fingerprint density at radius 2 is 1.00 bits per heavy atom. The average molecular weight is 638 g/mol. The first-order chi connectivity index (χ1) is 24.8. The van der Waals surface area contributed by atoms with Gasteiger partial charge in [0.05, 0.1) is 28.3 Å². The molecule has 7 aromatic carbocycles. The number of hydrogen-bond acceptors (Lipinski definition) is 2. The predicted molar refractivity (Wildman–Crippen MR) is 209 cm³/mol. The molecule has 9 aromatic rings. The fraction of sp³-hybridized carbons (Fsp3) is 0. The normalized spacial score (nSPS) is 12.0. The molecule has 0 saturated carbocycles. The van der Waals surface area contributed by atoms with Crippen LogP contribution in [0.15, 0.2) is 188 Å². The highest BCUT2D eigenvalue weighted by molar-refractivity contribution is 6.13. The minimum Gasteiger partial charge on any atom is -0.309 e. The molecule has 0 atom stereocenters. The lowest BCUT2D eigenvalue weighted by Crippen LogP contribution is -2.11. The van der Waals surface area contributed by atoms with Crippen molar-refractivity contribution in [2.24, 2.45) is 0 Å². The van der Waals surface area contributed by atoms with E-state index in [1.807, 2.05) is 6.20 Å². The van der Waals surface area contributed by atoms with E-state index in [0.717, 1.165) is 50.5 Å². The summed E-state index contributed by atoms with van der Waals surface area (Å²) < 4.78 is 2.44. The number of aromatic nitrogens is 2. The third-order valence-corrected chi connectivity index (χ3v) is 10.00. The molecule has 0 amide bonds. The summed E-state index contributed by atoms with van der Waals surface area (Å²) in [5.41, 5.74) is 15.1. The van der Waals surface area contributed by atoms with Gasteiger partial charge in [-0.2, -0.15) is 0 Å². The Morgan fingerprint density at radius 3 is 1.80 bits per heavy atom. The summed E-state index contributed by atoms with van der Waals surface area (Å²) in [6.45, 7) is 0. The second kappa shape index (κ2) is 11.5. The molecule has 3 heterocycles. The maximum Gasteiger partial charge on any atom is 0.0786 e. The minimum atomic E-state index is 1.00. The molecule has 2 aromatic heterocycles. The Hall–Kier alpha value is -6.71. The molecule has 1 aliphatic heterocycles. The second-order valence-corrected chi connectivity index (χ2v) is 12.8. The van der Waals surface area contributed by atoms with Gasteiger partial charge in [-0.1, -0.05) is 133 Å². The van der Waals surface area contributed by atoms with E-state index < -0.39 is 0 Å². The number of anilines is 3. The Labute approximate surface area is 291 Å². The van der Waals surface area contributed by atoms with Gasteiger partial charge in [0, 0.05) is 50.6 Å². The summed E-state index contributed by atoms with van der Waals surface area (Å²) in [6.07, 6.45) is 1.91. The number of para-hydroxylation sites is 4. The van der Waals surface area contributed by atoms with Crippen LogP contribution in [-0.2, 0) is 0 Å². The van der Waals surface area contributed by atoms with Gasteiger partial charge in [-0.15, -0.1) is 0 Å². The maximum absolute atomic E-state index is 4.87. The van der Waals surface area contributed by atoms with E-state index in [9.17, 15) is 0 Å². The van der Waals surface area contributed by atoms with Crippen molar-refractivity contribution in [2.45, 2.75) is 0 Å². The topological polar surface area (TPSA) is 21.1 Å².